The first-order valence-corrected chi connectivity index (χ1v) is 9.50. The van der Waals surface area contributed by atoms with Crippen LogP contribution in [0, 0.1) is 0 Å². The summed E-state index contributed by atoms with van der Waals surface area (Å²) in [5.41, 5.74) is -0.00130. The molecular weight excluding hydrogens is 367 g/mol. The van der Waals surface area contributed by atoms with E-state index in [0.29, 0.717) is 6.54 Å². The molecule has 1 aliphatic rings. The number of carbonyl (C=O) groups excluding carboxylic acids is 1. The fourth-order valence-corrected chi connectivity index (χ4v) is 3.61. The van der Waals surface area contributed by atoms with Crippen molar-refractivity contribution in [2.24, 2.45) is 0 Å². The Kier molecular flexibility index (Phi) is 6.67. The van der Waals surface area contributed by atoms with E-state index >= 15 is 0 Å². The van der Waals surface area contributed by atoms with Gasteiger partial charge in [0.05, 0.1) is 24.2 Å². The van der Waals surface area contributed by atoms with Gasteiger partial charge in [0, 0.05) is 12.2 Å². The average molecular weight is 391 g/mol. The lowest BCUT2D eigenvalue weighted by molar-refractivity contribution is -0.139. The molecule has 2 heterocycles. The van der Waals surface area contributed by atoms with E-state index in [1.807, 2.05) is 12.1 Å². The zero-order valence-electron chi connectivity index (χ0n) is 15.6. The van der Waals surface area contributed by atoms with Crippen LogP contribution in [0.1, 0.15) is 36.1 Å². The lowest BCUT2D eigenvalue weighted by Gasteiger charge is -2.31. The average Bonchev–Trinajstić information content (AvgIpc) is 2.96. The first-order valence-electron chi connectivity index (χ1n) is 9.50. The number of pyridine rings is 1. The molecule has 1 amide bonds. The quantitative estimate of drug-likeness (QED) is 0.843. The number of hydrogen-bond donors (Lipinski definition) is 1. The van der Waals surface area contributed by atoms with Gasteiger partial charge in [-0.25, -0.2) is 0 Å². The van der Waals surface area contributed by atoms with Crippen molar-refractivity contribution in [2.75, 3.05) is 13.1 Å². The molecule has 0 radical (unpaired) electrons. The highest BCUT2D eigenvalue weighted by atomic mass is 19.4. The minimum Gasteiger partial charge on any atom is -0.333 e. The van der Waals surface area contributed by atoms with Crippen molar-refractivity contribution in [3.8, 4) is 0 Å². The van der Waals surface area contributed by atoms with E-state index in [4.69, 9.17) is 0 Å². The molecule has 0 bridgehead atoms. The summed E-state index contributed by atoms with van der Waals surface area (Å²) in [4.78, 5) is 19.1. The first-order chi connectivity index (χ1) is 13.4. The highest BCUT2D eigenvalue weighted by molar-refractivity contribution is 5.79. The third-order valence-electron chi connectivity index (χ3n) is 5.03. The maximum absolute atomic E-state index is 13.3. The smallest absolute Gasteiger partial charge is 0.333 e. The van der Waals surface area contributed by atoms with E-state index < -0.39 is 11.7 Å². The lowest BCUT2D eigenvalue weighted by atomic mass is 10.0. The number of benzene rings is 1. The van der Waals surface area contributed by atoms with Crippen LogP contribution in [0.15, 0.2) is 48.7 Å². The van der Waals surface area contributed by atoms with E-state index in [1.54, 1.807) is 17.2 Å². The van der Waals surface area contributed by atoms with E-state index in [2.05, 4.69) is 10.3 Å². The molecule has 1 aliphatic heterocycles. The van der Waals surface area contributed by atoms with Crippen LogP contribution in [-0.4, -0.2) is 34.9 Å². The maximum atomic E-state index is 13.3. The van der Waals surface area contributed by atoms with Gasteiger partial charge in [0.1, 0.15) is 0 Å². The Morgan fingerprint density at radius 2 is 1.89 bits per heavy atom. The van der Waals surface area contributed by atoms with Crippen molar-refractivity contribution in [1.29, 1.82) is 0 Å². The van der Waals surface area contributed by atoms with E-state index in [1.165, 1.54) is 18.2 Å². The highest BCUT2D eigenvalue weighted by Gasteiger charge is 2.34. The number of hydrogen-bond acceptors (Lipinski definition) is 3. The van der Waals surface area contributed by atoms with Crippen molar-refractivity contribution < 1.29 is 18.0 Å². The predicted molar refractivity (Wildman–Crippen MR) is 100 cm³/mol. The molecule has 1 aromatic carbocycles. The summed E-state index contributed by atoms with van der Waals surface area (Å²) in [6.45, 7) is 1.98. The summed E-state index contributed by atoms with van der Waals surface area (Å²) in [7, 11) is 0. The number of aromatic nitrogens is 1. The fourth-order valence-electron chi connectivity index (χ4n) is 3.61. The summed E-state index contributed by atoms with van der Waals surface area (Å²) >= 11 is 0. The normalized spacial score (nSPS) is 17.8. The van der Waals surface area contributed by atoms with Gasteiger partial charge >= 0.3 is 6.18 Å². The van der Waals surface area contributed by atoms with E-state index in [-0.39, 0.29) is 23.9 Å². The van der Waals surface area contributed by atoms with Crippen LogP contribution in [0.3, 0.4) is 0 Å². The minimum absolute atomic E-state index is 0.0115. The molecule has 1 unspecified atom stereocenters. The Labute approximate surface area is 162 Å². The van der Waals surface area contributed by atoms with Gasteiger partial charge in [0.2, 0.25) is 5.91 Å². The van der Waals surface area contributed by atoms with Crippen LogP contribution in [-0.2, 0) is 23.9 Å². The molecule has 0 spiro atoms. The second-order valence-electron chi connectivity index (χ2n) is 7.01. The second kappa shape index (κ2) is 9.19. The van der Waals surface area contributed by atoms with Gasteiger partial charge in [-0.05, 0) is 56.1 Å². The van der Waals surface area contributed by atoms with Crippen LogP contribution in [0.4, 0.5) is 13.2 Å². The van der Waals surface area contributed by atoms with E-state index in [9.17, 15) is 18.0 Å². The molecule has 1 aromatic heterocycles. The van der Waals surface area contributed by atoms with Crippen LogP contribution in [0.25, 0.3) is 0 Å². The molecular formula is C21H24F3N3O. The zero-order valence-corrected chi connectivity index (χ0v) is 15.6. The van der Waals surface area contributed by atoms with Gasteiger partial charge in [-0.15, -0.1) is 0 Å². The molecule has 2 aromatic rings. The Hall–Kier alpha value is -2.41. The van der Waals surface area contributed by atoms with Gasteiger partial charge in [0.15, 0.2) is 0 Å². The molecule has 0 saturated carbocycles. The molecule has 1 N–H and O–H groups in total. The number of amides is 1. The van der Waals surface area contributed by atoms with Crippen LogP contribution in [0.5, 0.6) is 0 Å². The van der Waals surface area contributed by atoms with Crippen molar-refractivity contribution in [1.82, 2.24) is 15.2 Å². The standard InChI is InChI=1S/C21H24F3N3O/c22-21(23,24)19-9-2-1-6-16(19)14-20(28)27(15-17-7-3-4-12-26-17)18-8-5-11-25-13-10-18/h1-4,6-7,9,12,18,25H,5,8,10-11,13-15H2. The third kappa shape index (κ3) is 5.32. The molecule has 7 heteroatoms. The summed E-state index contributed by atoms with van der Waals surface area (Å²) in [6.07, 6.45) is -0.561. The number of rotatable bonds is 5. The Balaban J connectivity index is 1.84. The monoisotopic (exact) mass is 391 g/mol. The Morgan fingerprint density at radius 3 is 2.64 bits per heavy atom. The molecule has 4 nitrogen and oxygen atoms in total. The summed E-state index contributed by atoms with van der Waals surface area (Å²) in [6, 6.07) is 10.8. The fraction of sp³-hybridized carbons (Fsp3) is 0.429. The van der Waals surface area contributed by atoms with Gasteiger partial charge in [-0.2, -0.15) is 13.2 Å². The number of halogens is 3. The van der Waals surface area contributed by atoms with Gasteiger partial charge in [0.25, 0.3) is 0 Å². The molecule has 1 saturated heterocycles. The summed E-state index contributed by atoms with van der Waals surface area (Å²) in [5.74, 6) is -0.297. The van der Waals surface area contributed by atoms with Gasteiger partial charge in [-0.1, -0.05) is 24.3 Å². The number of nitrogens with zero attached hydrogens (tertiary/aromatic N) is 2. The summed E-state index contributed by atoms with van der Waals surface area (Å²) < 4.78 is 39.9. The minimum atomic E-state index is -4.48. The second-order valence-corrected chi connectivity index (χ2v) is 7.01. The van der Waals surface area contributed by atoms with Crippen molar-refractivity contribution in [3.05, 3.63) is 65.5 Å². The Bertz CT molecular complexity index is 772. The van der Waals surface area contributed by atoms with Crippen molar-refractivity contribution in [3.63, 3.8) is 0 Å². The number of alkyl halides is 3. The molecule has 3 rings (SSSR count). The van der Waals surface area contributed by atoms with Crippen LogP contribution < -0.4 is 5.32 Å². The van der Waals surface area contributed by atoms with Gasteiger partial charge in [-0.3, -0.25) is 9.78 Å². The SMILES string of the molecule is O=C(Cc1ccccc1C(F)(F)F)N(Cc1ccccn1)C1CCCNCC1. The molecule has 150 valence electrons. The van der Waals surface area contributed by atoms with Crippen LogP contribution >= 0.6 is 0 Å². The molecule has 1 atom stereocenters. The Morgan fingerprint density at radius 1 is 1.11 bits per heavy atom. The zero-order chi connectivity index (χ0) is 20.0. The molecule has 0 aliphatic carbocycles. The maximum Gasteiger partial charge on any atom is 0.416 e. The topological polar surface area (TPSA) is 45.2 Å². The highest BCUT2D eigenvalue weighted by Crippen LogP contribution is 2.32. The largest absolute Gasteiger partial charge is 0.416 e. The predicted octanol–water partition coefficient (Wildman–Crippen LogP) is 3.81. The number of nitrogens with one attached hydrogen (secondary N) is 1. The van der Waals surface area contributed by atoms with Crippen molar-refractivity contribution >= 4 is 5.91 Å². The van der Waals surface area contributed by atoms with Crippen molar-refractivity contribution in [2.45, 2.75) is 44.4 Å². The molecule has 28 heavy (non-hydrogen) atoms. The number of carbonyl (C=O) groups is 1. The summed E-state index contributed by atoms with van der Waals surface area (Å²) in [5, 5.41) is 3.31. The third-order valence-corrected chi connectivity index (χ3v) is 5.03. The van der Waals surface area contributed by atoms with E-state index in [0.717, 1.165) is 44.1 Å². The van der Waals surface area contributed by atoms with Gasteiger partial charge < -0.3 is 10.2 Å². The first kappa shape index (κ1) is 20.3. The lowest BCUT2D eigenvalue weighted by Crippen LogP contribution is -2.41. The molecule has 1 fully saturated rings. The van der Waals surface area contributed by atoms with Crippen LogP contribution in [0.2, 0.25) is 0 Å².